The number of benzene rings is 3. The molecule has 0 radical (unpaired) electrons. The normalized spacial score (nSPS) is 15.7. The summed E-state index contributed by atoms with van der Waals surface area (Å²) < 4.78 is 24.9. The topological polar surface area (TPSA) is 145 Å². The van der Waals surface area contributed by atoms with Gasteiger partial charge in [0.2, 0.25) is 5.88 Å². The molecule has 3 N–H and O–H groups in total. The van der Waals surface area contributed by atoms with Crippen LogP contribution < -0.4 is 10.1 Å². The number of aromatic nitrogens is 5. The predicted molar refractivity (Wildman–Crippen MR) is 192 cm³/mol. The van der Waals surface area contributed by atoms with E-state index in [1.165, 1.54) is 12.5 Å². The fraction of sp³-hybridized carbons (Fsp3) is 0.256. The van der Waals surface area contributed by atoms with Crippen molar-refractivity contribution in [3.8, 4) is 11.9 Å². The van der Waals surface area contributed by atoms with E-state index in [0.29, 0.717) is 35.3 Å². The molecule has 51 heavy (non-hydrogen) atoms. The van der Waals surface area contributed by atoms with Crippen LogP contribution in [0.25, 0.3) is 27.5 Å². The van der Waals surface area contributed by atoms with Crippen molar-refractivity contribution in [2.45, 2.75) is 45.9 Å². The van der Waals surface area contributed by atoms with Gasteiger partial charge in [0, 0.05) is 53.7 Å². The zero-order valence-electron chi connectivity index (χ0n) is 28.4. The van der Waals surface area contributed by atoms with Crippen molar-refractivity contribution in [2.24, 2.45) is 0 Å². The fourth-order valence-electron chi connectivity index (χ4n) is 5.91. The number of H-pyrrole nitrogens is 2. The van der Waals surface area contributed by atoms with E-state index in [2.05, 4.69) is 43.4 Å². The molecule has 8 rings (SSSR count). The number of amides is 1. The smallest absolute Gasteiger partial charge is 0.255 e. The van der Waals surface area contributed by atoms with E-state index in [4.69, 9.17) is 19.7 Å². The Morgan fingerprint density at radius 1 is 1.12 bits per heavy atom. The predicted octanol–water partition coefficient (Wildman–Crippen LogP) is 7.07. The molecule has 2 aliphatic heterocycles. The van der Waals surface area contributed by atoms with Gasteiger partial charge in [0.15, 0.2) is 0 Å². The second kappa shape index (κ2) is 14.9. The van der Waals surface area contributed by atoms with Gasteiger partial charge >= 0.3 is 0 Å². The number of aryl methyl sites for hydroxylation is 1. The number of carbonyl (C=O) groups excluding carboxylic acids is 1. The highest BCUT2D eigenvalue weighted by Crippen LogP contribution is 2.25. The molecule has 1 amide bonds. The summed E-state index contributed by atoms with van der Waals surface area (Å²) in [4.78, 5) is 28.1. The second-order valence-electron chi connectivity index (χ2n) is 12.7. The molecule has 0 aliphatic carbocycles. The number of nitrogens with zero attached hydrogens (tertiary/aromatic N) is 5. The molecule has 1 fully saturated rings. The molecule has 0 saturated carbocycles. The number of anilines is 1. The number of carbonyl (C=O) groups is 1. The number of hydrogen-bond donors (Lipinski definition) is 3. The van der Waals surface area contributed by atoms with Crippen molar-refractivity contribution in [3.63, 3.8) is 0 Å². The maximum Gasteiger partial charge on any atom is 0.255 e. The number of rotatable bonds is 8. The maximum atomic E-state index is 14.2. The Labute approximate surface area is 294 Å². The fourth-order valence-corrected chi connectivity index (χ4v) is 5.91. The lowest BCUT2D eigenvalue weighted by molar-refractivity contribution is -0.0375. The van der Waals surface area contributed by atoms with Gasteiger partial charge in [0.1, 0.15) is 18.2 Å². The van der Waals surface area contributed by atoms with Crippen molar-refractivity contribution in [1.29, 1.82) is 5.26 Å². The van der Waals surface area contributed by atoms with E-state index in [0.717, 1.165) is 70.8 Å². The SMILES string of the molecule is C[C@@H]1CCO1.Cc1[nH]nc2ccc(NC(=O)c3ccc4nc(CN5CC=C(c6cccc(OCc7ccc(C#N)cc7F)n6)CC5)[nH]c4c3)cc12. The van der Waals surface area contributed by atoms with Crippen LogP contribution >= 0.6 is 0 Å². The first-order chi connectivity index (χ1) is 24.8. The van der Waals surface area contributed by atoms with Crippen molar-refractivity contribution in [2.75, 3.05) is 25.0 Å². The van der Waals surface area contributed by atoms with Crippen LogP contribution in [0.15, 0.2) is 78.9 Å². The molecule has 0 bridgehead atoms. The van der Waals surface area contributed by atoms with Crippen LogP contribution in [0.4, 0.5) is 10.1 Å². The lowest BCUT2D eigenvalue weighted by Gasteiger charge is -2.25. The molecule has 1 saturated heterocycles. The Kier molecular flexibility index (Phi) is 9.83. The highest BCUT2D eigenvalue weighted by atomic mass is 19.1. The molecular weight excluding hydrogens is 647 g/mol. The lowest BCUT2D eigenvalue weighted by Crippen LogP contribution is -2.28. The number of halogens is 1. The van der Waals surface area contributed by atoms with Crippen molar-refractivity contribution in [3.05, 3.63) is 119 Å². The highest BCUT2D eigenvalue weighted by Gasteiger charge is 2.17. The zero-order valence-corrected chi connectivity index (χ0v) is 28.4. The van der Waals surface area contributed by atoms with Gasteiger partial charge in [-0.15, -0.1) is 0 Å². The summed E-state index contributed by atoms with van der Waals surface area (Å²) in [5.41, 5.74) is 7.23. The first-order valence-electron chi connectivity index (χ1n) is 16.9. The second-order valence-corrected chi connectivity index (χ2v) is 12.7. The van der Waals surface area contributed by atoms with E-state index in [9.17, 15) is 9.18 Å². The standard InChI is InChI=1S/C35H29FN8O2.C4H8O/c1-21-27-17-26(8-10-30(27)43-42-21)38-35(45)24-7-9-31-32(16-24)40-33(39-31)19-44-13-11-23(12-14-44)29-3-2-4-34(41-29)46-20-25-6-5-22(18-37)15-28(25)36;1-4-2-3-5-4/h2-11,15-17H,12-14,19-20H2,1H3,(H,38,45)(H,39,40)(H,42,43);4H,2-3H2,1H3/t;4-/m.1/s1. The molecule has 2 aliphatic rings. The molecule has 258 valence electrons. The van der Waals surface area contributed by atoms with Crippen molar-refractivity contribution >= 4 is 39.1 Å². The van der Waals surface area contributed by atoms with E-state index in [1.807, 2.05) is 55.5 Å². The monoisotopic (exact) mass is 684 g/mol. The summed E-state index contributed by atoms with van der Waals surface area (Å²) >= 11 is 0. The average molecular weight is 685 g/mol. The van der Waals surface area contributed by atoms with Gasteiger partial charge in [-0.2, -0.15) is 10.4 Å². The average Bonchev–Trinajstić information content (AvgIpc) is 3.72. The van der Waals surface area contributed by atoms with Crippen LogP contribution in [0.3, 0.4) is 0 Å². The summed E-state index contributed by atoms with van der Waals surface area (Å²) in [5, 5.41) is 20.1. The molecule has 1 atom stereocenters. The summed E-state index contributed by atoms with van der Waals surface area (Å²) in [6.45, 7) is 7.22. The van der Waals surface area contributed by atoms with Gasteiger partial charge in [-0.05, 0) is 86.9 Å². The minimum Gasteiger partial charge on any atom is -0.473 e. The minimum atomic E-state index is -0.476. The van der Waals surface area contributed by atoms with Crippen molar-refractivity contribution < 1.29 is 18.7 Å². The minimum absolute atomic E-state index is 0.0203. The molecule has 0 spiro atoms. The van der Waals surface area contributed by atoms with Crippen LogP contribution in [-0.4, -0.2) is 61.8 Å². The molecule has 3 aromatic heterocycles. The van der Waals surface area contributed by atoms with E-state index in [1.54, 1.807) is 24.3 Å². The molecule has 5 heterocycles. The van der Waals surface area contributed by atoms with E-state index in [-0.39, 0.29) is 18.1 Å². The van der Waals surface area contributed by atoms with Crippen LogP contribution in [0.5, 0.6) is 5.88 Å². The molecule has 12 heteroatoms. The molecule has 3 aromatic carbocycles. The number of aromatic amines is 2. The number of imidazole rings is 1. The Morgan fingerprint density at radius 2 is 1.96 bits per heavy atom. The summed E-state index contributed by atoms with van der Waals surface area (Å²) in [6, 6.07) is 22.9. The first-order valence-corrected chi connectivity index (χ1v) is 16.9. The summed E-state index contributed by atoms with van der Waals surface area (Å²) in [6.07, 6.45) is 4.79. The Balaban J connectivity index is 0.000000749. The number of hydrogen-bond acceptors (Lipinski definition) is 8. The maximum absolute atomic E-state index is 14.2. The van der Waals surface area contributed by atoms with Gasteiger partial charge in [0.25, 0.3) is 5.91 Å². The van der Waals surface area contributed by atoms with Gasteiger partial charge in [-0.3, -0.25) is 14.8 Å². The van der Waals surface area contributed by atoms with Crippen LogP contribution in [0.1, 0.15) is 58.5 Å². The third-order valence-electron chi connectivity index (χ3n) is 9.00. The molecule has 0 unspecified atom stereocenters. The quantitative estimate of drug-likeness (QED) is 0.154. The molecule has 6 aromatic rings. The van der Waals surface area contributed by atoms with Gasteiger partial charge in [-0.25, -0.2) is 14.4 Å². The highest BCUT2D eigenvalue weighted by molar-refractivity contribution is 6.06. The third-order valence-corrected chi connectivity index (χ3v) is 9.00. The van der Waals surface area contributed by atoms with E-state index < -0.39 is 5.82 Å². The Bertz CT molecular complexity index is 2280. The zero-order chi connectivity index (χ0) is 35.3. The number of nitriles is 1. The Hall–Kier alpha value is -5.90. The van der Waals surface area contributed by atoms with Gasteiger partial charge in [-0.1, -0.05) is 18.2 Å². The Morgan fingerprint density at radius 3 is 2.71 bits per heavy atom. The first kappa shape index (κ1) is 33.6. The van der Waals surface area contributed by atoms with E-state index >= 15 is 0 Å². The molecular formula is C39H37FN8O3. The summed E-state index contributed by atoms with van der Waals surface area (Å²) in [7, 11) is 0. The number of fused-ring (bicyclic) bond motifs is 2. The van der Waals surface area contributed by atoms with Gasteiger partial charge < -0.3 is 19.8 Å². The lowest BCUT2D eigenvalue weighted by atomic mass is 10.0. The molecule has 11 nitrogen and oxygen atoms in total. The third kappa shape index (κ3) is 7.96. The number of nitrogens with one attached hydrogen (secondary N) is 3. The van der Waals surface area contributed by atoms with Crippen LogP contribution in [0, 0.1) is 24.1 Å². The van der Waals surface area contributed by atoms with Crippen LogP contribution in [0.2, 0.25) is 0 Å². The van der Waals surface area contributed by atoms with Gasteiger partial charge in [0.05, 0.1) is 46.5 Å². The number of ether oxygens (including phenoxy) is 2. The van der Waals surface area contributed by atoms with Crippen molar-refractivity contribution in [1.82, 2.24) is 30.0 Å². The largest absolute Gasteiger partial charge is 0.473 e. The summed E-state index contributed by atoms with van der Waals surface area (Å²) in [5.74, 6) is 0.565. The van der Waals surface area contributed by atoms with Crippen LogP contribution in [-0.2, 0) is 17.9 Å². The number of pyridine rings is 1.